The van der Waals surface area contributed by atoms with Gasteiger partial charge < -0.3 is 36.5 Å². The van der Waals surface area contributed by atoms with Gasteiger partial charge >= 0.3 is 16.3 Å². The fourth-order valence-electron chi connectivity index (χ4n) is 4.54. The number of carbonyl (C=O) groups is 3. The normalized spacial score (nSPS) is 24.9. The van der Waals surface area contributed by atoms with Crippen LogP contribution >= 0.6 is 11.8 Å². The third kappa shape index (κ3) is 6.12. The van der Waals surface area contributed by atoms with Crippen molar-refractivity contribution >= 4 is 51.5 Å². The number of hydrogen-bond acceptors (Lipinski definition) is 13. The van der Waals surface area contributed by atoms with E-state index in [1.54, 1.807) is 0 Å². The van der Waals surface area contributed by atoms with Crippen LogP contribution < -0.4 is 21.7 Å². The van der Waals surface area contributed by atoms with E-state index in [0.717, 1.165) is 42.5 Å². The van der Waals surface area contributed by atoms with Crippen molar-refractivity contribution in [1.82, 2.24) is 40.1 Å². The molecule has 3 atom stereocenters. The van der Waals surface area contributed by atoms with Gasteiger partial charge in [-0.1, -0.05) is 16.9 Å². The van der Waals surface area contributed by atoms with E-state index < -0.39 is 57.0 Å². The average molecular weight is 628 g/mol. The molecule has 42 heavy (non-hydrogen) atoms. The first-order chi connectivity index (χ1) is 19.9. The Bertz CT molecular complexity index is 1450. The summed E-state index contributed by atoms with van der Waals surface area (Å²) in [7, 11) is -5.00. The number of nitrogens with one attached hydrogen (secondary N) is 4. The number of thioether (sulfide) groups is 1. The molecule has 0 radical (unpaired) electrons. The first kappa shape index (κ1) is 29.5. The van der Waals surface area contributed by atoms with E-state index >= 15 is 0 Å². The van der Waals surface area contributed by atoms with Crippen molar-refractivity contribution < 1.29 is 37.3 Å². The van der Waals surface area contributed by atoms with Crippen LogP contribution in [-0.2, 0) is 42.6 Å². The topological polar surface area (TPSA) is 271 Å². The Morgan fingerprint density at radius 3 is 2.64 bits per heavy atom. The van der Waals surface area contributed by atoms with Crippen LogP contribution in [0.3, 0.4) is 0 Å². The molecule has 0 aromatic carbocycles. The Balaban J connectivity index is 1.29. The van der Waals surface area contributed by atoms with Gasteiger partial charge in [-0.15, -0.1) is 0 Å². The van der Waals surface area contributed by atoms with Gasteiger partial charge in [-0.25, -0.2) is 9.10 Å². The van der Waals surface area contributed by atoms with Crippen LogP contribution in [0.25, 0.3) is 0 Å². The lowest BCUT2D eigenvalue weighted by molar-refractivity contribution is -0.153. The quantitative estimate of drug-likeness (QED) is 0.0432. The molecule has 1 aromatic rings. The van der Waals surface area contributed by atoms with Crippen molar-refractivity contribution in [2.45, 2.75) is 62.0 Å². The third-order valence-corrected chi connectivity index (χ3v) is 8.73. The fraction of sp³-hybridized carbons (Fsp3) is 0.571. The molecular formula is C21H29N11O8S2. The maximum atomic E-state index is 13.3. The molecule has 3 fully saturated rings. The smallest absolute Gasteiger partial charge is 0.362 e. The van der Waals surface area contributed by atoms with Crippen LogP contribution in [0.2, 0.25) is 0 Å². The molecule has 4 aliphatic rings. The predicted molar refractivity (Wildman–Crippen MR) is 144 cm³/mol. The van der Waals surface area contributed by atoms with E-state index in [9.17, 15) is 32.5 Å². The molecule has 1 aromatic heterocycles. The van der Waals surface area contributed by atoms with E-state index in [-0.39, 0.29) is 41.9 Å². The predicted octanol–water partition coefficient (Wildman–Crippen LogP) is -2.69. The van der Waals surface area contributed by atoms with E-state index in [1.165, 1.54) is 11.6 Å². The van der Waals surface area contributed by atoms with Crippen LogP contribution in [0.15, 0.2) is 22.5 Å². The molecule has 5 rings (SSSR count). The maximum Gasteiger partial charge on any atom is 0.362 e. The van der Waals surface area contributed by atoms with Crippen LogP contribution in [0, 0.1) is 5.41 Å². The number of hydrogen-bond donors (Lipinski definition) is 7. The second-order valence-corrected chi connectivity index (χ2v) is 12.3. The molecule has 3 unspecified atom stereocenters. The number of nitrogens with two attached hydrogens (primary N) is 1. The van der Waals surface area contributed by atoms with Crippen molar-refractivity contribution in [2.75, 3.05) is 13.1 Å². The second-order valence-electron chi connectivity index (χ2n) is 9.98. The van der Waals surface area contributed by atoms with E-state index in [1.807, 2.05) is 4.90 Å². The number of β-lactam (4-membered cyclic amide) rings is 1. The number of carbonyl (C=O) groups excluding carboxylic acids is 2. The minimum Gasteiger partial charge on any atom is -0.478 e. The van der Waals surface area contributed by atoms with Crippen molar-refractivity contribution in [2.24, 2.45) is 10.9 Å². The molecule has 8 N–H and O–H groups in total. The monoisotopic (exact) mass is 627 g/mol. The Kier molecular flexibility index (Phi) is 8.00. The Hall–Kier alpha value is -3.95. The third-order valence-electron chi connectivity index (χ3n) is 7.00. The molecule has 0 bridgehead atoms. The fourth-order valence-corrected chi connectivity index (χ4v) is 6.07. The van der Waals surface area contributed by atoms with Gasteiger partial charge in [-0.3, -0.25) is 19.6 Å². The summed E-state index contributed by atoms with van der Waals surface area (Å²) < 4.78 is 33.8. The van der Waals surface area contributed by atoms with Crippen molar-refractivity contribution in [3.05, 3.63) is 23.0 Å². The second kappa shape index (κ2) is 11.4. The minimum absolute atomic E-state index is 0.103. The highest BCUT2D eigenvalue weighted by Gasteiger charge is 2.56. The number of rotatable bonds is 11. The van der Waals surface area contributed by atoms with Gasteiger partial charge in [0.05, 0.1) is 25.0 Å². The molecule has 19 nitrogen and oxygen atoms in total. The van der Waals surface area contributed by atoms with E-state index in [0.29, 0.717) is 5.69 Å². The first-order valence-electron chi connectivity index (χ1n) is 12.8. The molecule has 0 spiro atoms. The molecule has 228 valence electrons. The summed E-state index contributed by atoms with van der Waals surface area (Å²) in [4.78, 5) is 45.7. The number of aromatic nitrogens is 3. The summed E-state index contributed by atoms with van der Waals surface area (Å²) in [5, 5.41) is 39.1. The molecule has 3 aliphatic heterocycles. The zero-order valence-corrected chi connectivity index (χ0v) is 23.6. The Morgan fingerprint density at radius 1 is 1.33 bits per heavy atom. The van der Waals surface area contributed by atoms with E-state index in [2.05, 4.69) is 31.3 Å². The maximum absolute atomic E-state index is 13.3. The summed E-state index contributed by atoms with van der Waals surface area (Å²) in [5.74, 6) is -3.11. The number of oxime groups is 1. The molecule has 4 heterocycles. The number of guanidine groups is 1. The van der Waals surface area contributed by atoms with Crippen LogP contribution in [0.1, 0.15) is 31.4 Å². The molecular weight excluding hydrogens is 598 g/mol. The summed E-state index contributed by atoms with van der Waals surface area (Å²) >= 11 is 1.11. The number of nitrogens with zero attached hydrogens (tertiary/aromatic N) is 6. The molecule has 2 amide bonds. The Morgan fingerprint density at radius 2 is 2.05 bits per heavy atom. The largest absolute Gasteiger partial charge is 0.478 e. The van der Waals surface area contributed by atoms with Gasteiger partial charge in [0, 0.05) is 31.3 Å². The molecule has 21 heteroatoms. The highest BCUT2D eigenvalue weighted by Crippen LogP contribution is 2.40. The lowest BCUT2D eigenvalue weighted by Crippen LogP contribution is -2.73. The van der Waals surface area contributed by atoms with Gasteiger partial charge in [0.25, 0.3) is 11.8 Å². The number of carboxylic acids is 1. The van der Waals surface area contributed by atoms with Gasteiger partial charge in [-0.05, 0) is 12.8 Å². The number of amides is 2. The van der Waals surface area contributed by atoms with Crippen molar-refractivity contribution in [3.63, 3.8) is 0 Å². The lowest BCUT2D eigenvalue weighted by Gasteiger charge is -2.43. The molecule has 1 saturated carbocycles. The van der Waals surface area contributed by atoms with Crippen molar-refractivity contribution in [1.29, 1.82) is 5.41 Å². The summed E-state index contributed by atoms with van der Waals surface area (Å²) in [6.07, 6.45) is 3.77. The number of likely N-dealkylation sites (tertiary alicyclic amines) is 1. The number of carboxylic acid groups (broad SMARTS) is 1. The van der Waals surface area contributed by atoms with Gasteiger partial charge in [-0.2, -0.15) is 23.4 Å². The summed E-state index contributed by atoms with van der Waals surface area (Å²) in [6.45, 7) is 1.41. The van der Waals surface area contributed by atoms with Crippen LogP contribution in [0.4, 0.5) is 0 Å². The number of aliphatic carboxylic acids is 1. The van der Waals surface area contributed by atoms with Crippen LogP contribution in [0.5, 0.6) is 0 Å². The van der Waals surface area contributed by atoms with Gasteiger partial charge in [0.2, 0.25) is 5.60 Å². The highest BCUT2D eigenvalue weighted by molar-refractivity contribution is 8.02. The van der Waals surface area contributed by atoms with Gasteiger partial charge in [0.1, 0.15) is 23.3 Å². The summed E-state index contributed by atoms with van der Waals surface area (Å²) in [6, 6.07) is -2.76. The zero-order chi connectivity index (χ0) is 30.2. The van der Waals surface area contributed by atoms with Crippen molar-refractivity contribution in [3.8, 4) is 0 Å². The SMILES string of the molecule is N=C(NCc1cnn(CC2C(NC(=O)/C(=N\OC3(C(=O)O)CC3)C3=CSC(N)N3)C(=O)N2S(=O)(=O)O)n1)N1CCCC1. The van der Waals surface area contributed by atoms with E-state index in [4.69, 9.17) is 16.0 Å². The summed E-state index contributed by atoms with van der Waals surface area (Å²) in [5.41, 5.74) is 3.72. The first-order valence-corrected chi connectivity index (χ1v) is 15.2. The minimum atomic E-state index is -5.00. The van der Waals surface area contributed by atoms with Gasteiger partial charge in [0.15, 0.2) is 11.7 Å². The zero-order valence-electron chi connectivity index (χ0n) is 22.0. The standard InChI is InChI=1S/C21H29N11O8S2/c22-19(30-5-1-2-6-30)24-7-11-8-25-31(28-11)9-13-15(17(34)32(13)42(37,38)39)27-16(33)14(12-10-41-20(23)26-12)29-40-21(3-4-21)18(35)36/h8,10,13,15,20,26H,1-7,9,23H2,(H2,22,24)(H,27,33)(H,35,36)(H,37,38,39)/b29-14-. The Labute approximate surface area is 243 Å². The lowest BCUT2D eigenvalue weighted by atomic mass is 9.98. The van der Waals surface area contributed by atoms with Crippen LogP contribution in [-0.4, -0.2) is 108 Å². The molecule has 2 saturated heterocycles. The average Bonchev–Trinajstić information content (AvgIpc) is 3.28. The molecule has 1 aliphatic carbocycles. The highest BCUT2D eigenvalue weighted by atomic mass is 32.2.